The Morgan fingerprint density at radius 3 is 2.00 bits per heavy atom. The van der Waals surface area contributed by atoms with Crippen LogP contribution in [0.3, 0.4) is 0 Å². The van der Waals surface area contributed by atoms with Crippen LogP contribution in [0.1, 0.15) is 26.2 Å². The van der Waals surface area contributed by atoms with Crippen molar-refractivity contribution < 1.29 is 9.90 Å². The first-order chi connectivity index (χ1) is 5.63. The summed E-state index contributed by atoms with van der Waals surface area (Å²) in [6.07, 6.45) is 4.93. The van der Waals surface area contributed by atoms with E-state index < -0.39 is 11.4 Å². The molecule has 2 nitrogen and oxygen atoms in total. The zero-order valence-corrected chi connectivity index (χ0v) is 7.55. The summed E-state index contributed by atoms with van der Waals surface area (Å²) in [7, 11) is 0. The first kappa shape index (κ1) is 11.0. The van der Waals surface area contributed by atoms with Gasteiger partial charge in [-0.25, -0.2) is 0 Å². The van der Waals surface area contributed by atoms with Crippen molar-refractivity contribution >= 4 is 5.97 Å². The minimum atomic E-state index is -0.759. The highest BCUT2D eigenvalue weighted by Gasteiger charge is 2.33. The zero-order chi connectivity index (χ0) is 9.61. The molecule has 0 aromatic rings. The fraction of sp³-hybridized carbons (Fsp3) is 0.500. The van der Waals surface area contributed by atoms with E-state index in [1.165, 1.54) is 0 Å². The Kier molecular flexibility index (Phi) is 4.34. The lowest BCUT2D eigenvalue weighted by atomic mass is 9.79. The molecule has 12 heavy (non-hydrogen) atoms. The van der Waals surface area contributed by atoms with Crippen LogP contribution in [-0.2, 0) is 4.79 Å². The highest BCUT2D eigenvalue weighted by Crippen LogP contribution is 2.31. The molecule has 0 rings (SSSR count). The molecule has 0 aromatic carbocycles. The molecular weight excluding hydrogens is 152 g/mol. The average Bonchev–Trinajstić information content (AvgIpc) is 2.03. The van der Waals surface area contributed by atoms with Gasteiger partial charge in [-0.3, -0.25) is 4.79 Å². The predicted octanol–water partition coefficient (Wildman–Crippen LogP) is 2.62. The molecule has 0 radical (unpaired) electrons. The summed E-state index contributed by atoms with van der Waals surface area (Å²) >= 11 is 0. The van der Waals surface area contributed by atoms with E-state index in [4.69, 9.17) is 5.11 Å². The zero-order valence-electron chi connectivity index (χ0n) is 7.55. The van der Waals surface area contributed by atoms with Crippen molar-refractivity contribution in [2.24, 2.45) is 5.41 Å². The quantitative estimate of drug-likeness (QED) is 0.619. The van der Waals surface area contributed by atoms with Gasteiger partial charge in [0.15, 0.2) is 0 Å². The van der Waals surface area contributed by atoms with Gasteiger partial charge < -0.3 is 5.11 Å². The number of hydrogen-bond donors (Lipinski definition) is 1. The first-order valence-corrected chi connectivity index (χ1v) is 4.08. The van der Waals surface area contributed by atoms with Crippen molar-refractivity contribution in [1.29, 1.82) is 0 Å². The van der Waals surface area contributed by atoms with Crippen molar-refractivity contribution in [3.63, 3.8) is 0 Å². The summed E-state index contributed by atoms with van der Waals surface area (Å²) in [5, 5.41) is 8.99. The van der Waals surface area contributed by atoms with E-state index in [1.807, 2.05) is 6.92 Å². The molecule has 0 unspecified atom stereocenters. The second-order valence-corrected chi connectivity index (χ2v) is 2.92. The van der Waals surface area contributed by atoms with E-state index >= 15 is 0 Å². The van der Waals surface area contributed by atoms with Gasteiger partial charge in [0.1, 0.15) is 0 Å². The van der Waals surface area contributed by atoms with Crippen molar-refractivity contribution in [2.75, 3.05) is 0 Å². The minimum Gasteiger partial charge on any atom is -0.481 e. The van der Waals surface area contributed by atoms with E-state index in [0.717, 1.165) is 0 Å². The molecule has 0 fully saturated rings. The molecule has 0 atom stereocenters. The third kappa shape index (κ3) is 2.22. The number of allylic oxidation sites excluding steroid dienone is 2. The fourth-order valence-electron chi connectivity index (χ4n) is 1.25. The molecule has 0 aromatic heterocycles. The van der Waals surface area contributed by atoms with Gasteiger partial charge in [-0.2, -0.15) is 0 Å². The Morgan fingerprint density at radius 1 is 1.42 bits per heavy atom. The molecule has 0 aliphatic heterocycles. The molecule has 0 saturated carbocycles. The Balaban J connectivity index is 4.60. The van der Waals surface area contributed by atoms with Crippen LogP contribution in [0.15, 0.2) is 25.3 Å². The van der Waals surface area contributed by atoms with Crippen LogP contribution in [-0.4, -0.2) is 11.1 Å². The highest BCUT2D eigenvalue weighted by molar-refractivity contribution is 5.75. The molecule has 0 aliphatic rings. The van der Waals surface area contributed by atoms with Gasteiger partial charge in [0, 0.05) is 0 Å². The maximum atomic E-state index is 10.9. The first-order valence-electron chi connectivity index (χ1n) is 4.08. The van der Waals surface area contributed by atoms with Gasteiger partial charge in [-0.1, -0.05) is 19.1 Å². The molecule has 1 N–H and O–H groups in total. The third-order valence-corrected chi connectivity index (χ3v) is 2.20. The van der Waals surface area contributed by atoms with Crippen LogP contribution in [0.4, 0.5) is 0 Å². The molecule has 0 spiro atoms. The van der Waals surface area contributed by atoms with Crippen LogP contribution in [0, 0.1) is 5.41 Å². The molecule has 0 bridgehead atoms. The maximum Gasteiger partial charge on any atom is 0.310 e. The van der Waals surface area contributed by atoms with E-state index in [-0.39, 0.29) is 0 Å². The SMILES string of the molecule is C=CCC(CC)(CC=C)C(=O)O. The van der Waals surface area contributed by atoms with Crippen molar-refractivity contribution in [3.05, 3.63) is 25.3 Å². The smallest absolute Gasteiger partial charge is 0.310 e. The average molecular weight is 168 g/mol. The highest BCUT2D eigenvalue weighted by atomic mass is 16.4. The van der Waals surface area contributed by atoms with Gasteiger partial charge in [0.05, 0.1) is 5.41 Å². The summed E-state index contributed by atoms with van der Waals surface area (Å²) in [5.74, 6) is -0.759. The Bertz CT molecular complexity index is 172. The summed E-state index contributed by atoms with van der Waals surface area (Å²) in [6.45, 7) is 9.00. The van der Waals surface area contributed by atoms with E-state index in [9.17, 15) is 4.79 Å². The minimum absolute atomic E-state index is 0.505. The summed E-state index contributed by atoms with van der Waals surface area (Å²) in [6, 6.07) is 0. The van der Waals surface area contributed by atoms with E-state index in [2.05, 4.69) is 13.2 Å². The Morgan fingerprint density at radius 2 is 1.83 bits per heavy atom. The standard InChI is InChI=1S/C10H16O2/c1-4-7-10(6-3,8-5-2)9(11)12/h4-5H,1-2,6-8H2,3H3,(H,11,12). The number of carboxylic acids is 1. The fourth-order valence-corrected chi connectivity index (χ4v) is 1.25. The Hall–Kier alpha value is -1.05. The second-order valence-electron chi connectivity index (χ2n) is 2.92. The molecule has 0 aliphatic carbocycles. The second kappa shape index (κ2) is 4.75. The van der Waals surface area contributed by atoms with Crippen LogP contribution < -0.4 is 0 Å². The van der Waals surface area contributed by atoms with Crippen LogP contribution in [0.2, 0.25) is 0 Å². The number of carbonyl (C=O) groups is 1. The monoisotopic (exact) mass is 168 g/mol. The largest absolute Gasteiger partial charge is 0.481 e. The Labute approximate surface area is 73.6 Å². The summed E-state index contributed by atoms with van der Waals surface area (Å²) < 4.78 is 0. The topological polar surface area (TPSA) is 37.3 Å². The van der Waals surface area contributed by atoms with E-state index in [1.54, 1.807) is 12.2 Å². The molecule has 2 heteroatoms. The van der Waals surface area contributed by atoms with Gasteiger partial charge in [-0.15, -0.1) is 13.2 Å². The number of hydrogen-bond acceptors (Lipinski definition) is 1. The van der Waals surface area contributed by atoms with Gasteiger partial charge >= 0.3 is 5.97 Å². The molecule has 0 amide bonds. The van der Waals surface area contributed by atoms with Gasteiger partial charge in [0.2, 0.25) is 0 Å². The number of rotatable bonds is 6. The maximum absolute atomic E-state index is 10.9. The van der Waals surface area contributed by atoms with Crippen molar-refractivity contribution in [2.45, 2.75) is 26.2 Å². The van der Waals surface area contributed by atoms with Gasteiger partial charge in [-0.05, 0) is 19.3 Å². The van der Waals surface area contributed by atoms with Crippen LogP contribution in [0.25, 0.3) is 0 Å². The molecule has 0 heterocycles. The van der Waals surface area contributed by atoms with Crippen molar-refractivity contribution in [1.82, 2.24) is 0 Å². The summed E-state index contributed by atoms with van der Waals surface area (Å²) in [5.41, 5.74) is -0.677. The lowest BCUT2D eigenvalue weighted by molar-refractivity contribution is -0.148. The molecular formula is C10H16O2. The third-order valence-electron chi connectivity index (χ3n) is 2.20. The van der Waals surface area contributed by atoms with E-state index in [0.29, 0.717) is 19.3 Å². The number of carboxylic acid groups (broad SMARTS) is 1. The molecule has 68 valence electrons. The van der Waals surface area contributed by atoms with Gasteiger partial charge in [0.25, 0.3) is 0 Å². The van der Waals surface area contributed by atoms with Crippen molar-refractivity contribution in [3.8, 4) is 0 Å². The lowest BCUT2D eigenvalue weighted by Gasteiger charge is -2.24. The number of aliphatic carboxylic acids is 1. The lowest BCUT2D eigenvalue weighted by Crippen LogP contribution is -2.29. The van der Waals surface area contributed by atoms with Crippen LogP contribution >= 0.6 is 0 Å². The predicted molar refractivity (Wildman–Crippen MR) is 50.0 cm³/mol. The molecule has 0 saturated heterocycles. The van der Waals surface area contributed by atoms with Crippen LogP contribution in [0.5, 0.6) is 0 Å². The normalized spacial score (nSPS) is 10.8. The summed E-state index contributed by atoms with van der Waals surface area (Å²) in [4.78, 5) is 10.9.